The van der Waals surface area contributed by atoms with Crippen molar-refractivity contribution in [3.8, 4) is 23.0 Å². The summed E-state index contributed by atoms with van der Waals surface area (Å²) in [5.74, 6) is 6.48. The number of nitrogens with one attached hydrogen (secondary N) is 1. The molecule has 29 heavy (non-hydrogen) atoms. The fourth-order valence-corrected chi connectivity index (χ4v) is 3.77. The molecule has 3 aromatic rings. The summed E-state index contributed by atoms with van der Waals surface area (Å²) in [6, 6.07) is 24.3. The molecular formula is C25H20ClNO2. The molecule has 1 amide bonds. The number of carbonyl (C=O) groups is 1. The van der Waals surface area contributed by atoms with Crippen molar-refractivity contribution in [2.24, 2.45) is 0 Å². The van der Waals surface area contributed by atoms with Crippen LogP contribution in [0.3, 0.4) is 0 Å². The van der Waals surface area contributed by atoms with Gasteiger partial charge >= 0.3 is 6.09 Å². The zero-order chi connectivity index (χ0) is 20.1. The van der Waals surface area contributed by atoms with Gasteiger partial charge in [0.1, 0.15) is 6.61 Å². The number of hydrogen-bond donors (Lipinski definition) is 1. The lowest BCUT2D eigenvalue weighted by atomic mass is 9.98. The SMILES string of the molecule is O=C(NCC#Cc1ccc(CCl)cc1)OCC1c2ccccc2-c2ccccc21. The lowest BCUT2D eigenvalue weighted by Crippen LogP contribution is -2.26. The molecule has 0 spiro atoms. The number of rotatable bonds is 4. The van der Waals surface area contributed by atoms with E-state index in [1.807, 2.05) is 48.5 Å². The summed E-state index contributed by atoms with van der Waals surface area (Å²) in [5, 5.41) is 2.69. The van der Waals surface area contributed by atoms with Crippen molar-refractivity contribution < 1.29 is 9.53 Å². The number of alkyl carbamates (subject to hydrolysis) is 1. The minimum absolute atomic E-state index is 0.0553. The Bertz CT molecular complexity index is 1030. The average molecular weight is 402 g/mol. The maximum Gasteiger partial charge on any atom is 0.407 e. The highest BCUT2D eigenvalue weighted by atomic mass is 35.5. The van der Waals surface area contributed by atoms with Gasteiger partial charge in [-0.2, -0.15) is 0 Å². The summed E-state index contributed by atoms with van der Waals surface area (Å²) in [4.78, 5) is 12.1. The third kappa shape index (κ3) is 4.29. The van der Waals surface area contributed by atoms with Gasteiger partial charge in [0.25, 0.3) is 0 Å². The highest BCUT2D eigenvalue weighted by Crippen LogP contribution is 2.44. The van der Waals surface area contributed by atoms with Crippen molar-refractivity contribution in [1.82, 2.24) is 5.32 Å². The molecule has 0 saturated heterocycles. The first-order valence-corrected chi connectivity index (χ1v) is 10.0. The molecule has 0 heterocycles. The van der Waals surface area contributed by atoms with Crippen molar-refractivity contribution in [1.29, 1.82) is 0 Å². The van der Waals surface area contributed by atoms with Gasteiger partial charge in [0.2, 0.25) is 0 Å². The van der Waals surface area contributed by atoms with Crippen molar-refractivity contribution >= 4 is 17.7 Å². The molecule has 144 valence electrons. The second-order valence-corrected chi connectivity index (χ2v) is 7.08. The van der Waals surface area contributed by atoms with E-state index in [9.17, 15) is 4.79 Å². The summed E-state index contributed by atoms with van der Waals surface area (Å²) in [6.45, 7) is 0.529. The monoisotopic (exact) mass is 401 g/mol. The van der Waals surface area contributed by atoms with Crippen LogP contribution in [-0.2, 0) is 10.6 Å². The number of fused-ring (bicyclic) bond motifs is 3. The maximum absolute atomic E-state index is 12.1. The van der Waals surface area contributed by atoms with Crippen molar-refractivity contribution in [2.75, 3.05) is 13.2 Å². The predicted octanol–water partition coefficient (Wildman–Crippen LogP) is 5.32. The predicted molar refractivity (Wildman–Crippen MR) is 116 cm³/mol. The standard InChI is InChI=1S/C25H20ClNO2/c26-16-19-13-11-18(12-14-19)6-5-15-27-25(28)29-17-24-22-9-3-1-7-20(22)21-8-2-4-10-23(21)24/h1-4,7-14,24H,15-17H2,(H,27,28). The lowest BCUT2D eigenvalue weighted by molar-refractivity contribution is 0.144. The maximum atomic E-state index is 12.1. The van der Waals surface area contributed by atoms with Gasteiger partial charge in [0, 0.05) is 17.4 Å². The molecule has 3 aromatic carbocycles. The normalized spacial score (nSPS) is 11.8. The molecule has 0 aliphatic heterocycles. The number of alkyl halides is 1. The first-order valence-electron chi connectivity index (χ1n) is 9.49. The summed E-state index contributed by atoms with van der Waals surface area (Å²) in [6.07, 6.45) is -0.460. The zero-order valence-electron chi connectivity index (χ0n) is 15.8. The van der Waals surface area contributed by atoms with Gasteiger partial charge < -0.3 is 10.1 Å². The van der Waals surface area contributed by atoms with Gasteiger partial charge in [-0.1, -0.05) is 72.5 Å². The van der Waals surface area contributed by atoms with Gasteiger partial charge in [-0.15, -0.1) is 11.6 Å². The van der Waals surface area contributed by atoms with Crippen LogP contribution in [0.5, 0.6) is 0 Å². The first-order chi connectivity index (χ1) is 14.3. The summed E-state index contributed by atoms with van der Waals surface area (Å²) < 4.78 is 5.49. The summed E-state index contributed by atoms with van der Waals surface area (Å²) >= 11 is 5.78. The Morgan fingerprint density at radius 1 is 0.931 bits per heavy atom. The largest absolute Gasteiger partial charge is 0.449 e. The summed E-state index contributed by atoms with van der Waals surface area (Å²) in [7, 11) is 0. The Labute approximate surface area is 175 Å². The minimum atomic E-state index is -0.460. The Morgan fingerprint density at radius 3 is 2.17 bits per heavy atom. The van der Waals surface area contributed by atoms with Gasteiger partial charge in [0.15, 0.2) is 0 Å². The van der Waals surface area contributed by atoms with Crippen molar-refractivity contribution in [3.05, 3.63) is 95.1 Å². The molecule has 3 nitrogen and oxygen atoms in total. The highest BCUT2D eigenvalue weighted by Gasteiger charge is 2.28. The number of benzene rings is 3. The van der Waals surface area contributed by atoms with E-state index in [1.165, 1.54) is 22.3 Å². The van der Waals surface area contributed by atoms with Crippen LogP contribution in [-0.4, -0.2) is 19.2 Å². The quantitative estimate of drug-likeness (QED) is 0.475. The number of ether oxygens (including phenoxy) is 1. The van der Waals surface area contributed by atoms with Gasteiger partial charge in [-0.3, -0.25) is 0 Å². The number of amides is 1. The van der Waals surface area contributed by atoms with E-state index in [-0.39, 0.29) is 12.5 Å². The van der Waals surface area contributed by atoms with Crippen LogP contribution >= 0.6 is 11.6 Å². The fourth-order valence-electron chi connectivity index (χ4n) is 3.59. The van der Waals surface area contributed by atoms with Gasteiger partial charge in [0.05, 0.1) is 6.54 Å². The van der Waals surface area contributed by atoms with Crippen LogP contribution in [0.4, 0.5) is 4.79 Å². The topological polar surface area (TPSA) is 38.3 Å². The van der Waals surface area contributed by atoms with E-state index in [1.54, 1.807) is 0 Å². The van der Waals surface area contributed by atoms with E-state index < -0.39 is 6.09 Å². The van der Waals surface area contributed by atoms with Crippen LogP contribution in [0.1, 0.15) is 28.2 Å². The number of carbonyl (C=O) groups excluding carboxylic acids is 1. The van der Waals surface area contributed by atoms with Crippen LogP contribution in [0, 0.1) is 11.8 Å². The molecule has 0 fully saturated rings. The molecule has 0 atom stereocenters. The van der Waals surface area contributed by atoms with Crippen LogP contribution in [0.2, 0.25) is 0 Å². The first kappa shape index (κ1) is 19.1. The minimum Gasteiger partial charge on any atom is -0.449 e. The smallest absolute Gasteiger partial charge is 0.407 e. The molecule has 0 radical (unpaired) electrons. The number of hydrogen-bond acceptors (Lipinski definition) is 2. The van der Waals surface area contributed by atoms with E-state index in [4.69, 9.17) is 16.3 Å². The van der Waals surface area contributed by atoms with Crippen molar-refractivity contribution in [3.63, 3.8) is 0 Å². The van der Waals surface area contributed by atoms with E-state index in [0.717, 1.165) is 11.1 Å². The Morgan fingerprint density at radius 2 is 1.55 bits per heavy atom. The van der Waals surface area contributed by atoms with E-state index >= 15 is 0 Å². The third-order valence-corrected chi connectivity index (χ3v) is 5.31. The third-order valence-electron chi connectivity index (χ3n) is 5.01. The average Bonchev–Trinajstić information content (AvgIpc) is 3.09. The van der Waals surface area contributed by atoms with Crippen LogP contribution < -0.4 is 5.32 Å². The number of halogens is 1. The molecular weight excluding hydrogens is 382 g/mol. The zero-order valence-corrected chi connectivity index (χ0v) is 16.6. The molecule has 1 aliphatic carbocycles. The van der Waals surface area contributed by atoms with Crippen LogP contribution in [0.15, 0.2) is 72.8 Å². The highest BCUT2D eigenvalue weighted by molar-refractivity contribution is 6.17. The second kappa shape index (κ2) is 8.86. The van der Waals surface area contributed by atoms with E-state index in [0.29, 0.717) is 12.5 Å². The van der Waals surface area contributed by atoms with Gasteiger partial charge in [-0.05, 0) is 39.9 Å². The Balaban J connectivity index is 1.33. The molecule has 0 aromatic heterocycles. The molecule has 1 aliphatic rings. The fraction of sp³-hybridized carbons (Fsp3) is 0.160. The molecule has 0 saturated carbocycles. The molecule has 0 bridgehead atoms. The second-order valence-electron chi connectivity index (χ2n) is 6.81. The van der Waals surface area contributed by atoms with E-state index in [2.05, 4.69) is 41.4 Å². The Hall–Kier alpha value is -3.22. The molecule has 1 N–H and O–H groups in total. The summed E-state index contributed by atoms with van der Waals surface area (Å²) in [5.41, 5.74) is 6.75. The lowest BCUT2D eigenvalue weighted by Gasteiger charge is -2.14. The molecule has 4 rings (SSSR count). The Kier molecular flexibility index (Phi) is 5.84. The van der Waals surface area contributed by atoms with Gasteiger partial charge in [-0.25, -0.2) is 4.79 Å². The van der Waals surface area contributed by atoms with Crippen LogP contribution in [0.25, 0.3) is 11.1 Å². The molecule has 4 heteroatoms. The van der Waals surface area contributed by atoms with Crippen molar-refractivity contribution in [2.45, 2.75) is 11.8 Å². The molecule has 0 unspecified atom stereocenters.